The van der Waals surface area contributed by atoms with Crippen LogP contribution < -0.4 is 11.1 Å². The van der Waals surface area contributed by atoms with Crippen molar-refractivity contribution in [1.29, 1.82) is 0 Å². The second-order valence-corrected chi connectivity index (χ2v) is 7.88. The molecule has 0 heterocycles. The number of hydrogen-bond acceptors (Lipinski definition) is 2. The molecule has 0 aromatic carbocycles. The van der Waals surface area contributed by atoms with Crippen molar-refractivity contribution in [2.45, 2.75) is 69.9 Å². The Kier molecular flexibility index (Phi) is 3.29. The Hall–Kier alpha value is -0.570. The molecule has 3 heteroatoms. The van der Waals surface area contributed by atoms with E-state index in [2.05, 4.69) is 5.32 Å². The van der Waals surface area contributed by atoms with Crippen LogP contribution >= 0.6 is 0 Å². The van der Waals surface area contributed by atoms with E-state index in [1.807, 2.05) is 0 Å². The Bertz CT molecular complexity index is 388. The fourth-order valence-electron chi connectivity index (χ4n) is 5.92. The molecule has 0 aromatic rings. The molecule has 4 aliphatic carbocycles. The minimum atomic E-state index is 0.244. The third-order valence-corrected chi connectivity index (χ3v) is 6.90. The lowest BCUT2D eigenvalue weighted by molar-refractivity contribution is -0.127. The summed E-state index contributed by atoms with van der Waals surface area (Å²) in [5.41, 5.74) is 5.94. The number of nitrogens with one attached hydrogen (secondary N) is 1. The number of amides is 1. The highest BCUT2D eigenvalue weighted by Gasteiger charge is 2.54. The maximum absolute atomic E-state index is 12.5. The summed E-state index contributed by atoms with van der Waals surface area (Å²) in [5.74, 6) is 4.27. The first kappa shape index (κ1) is 13.1. The molecular weight excluding hydrogens is 248 g/mol. The minimum Gasteiger partial charge on any atom is -0.353 e. The first-order chi connectivity index (χ1) is 9.72. The predicted molar refractivity (Wildman–Crippen MR) is 78.9 cm³/mol. The number of hydrogen-bond donors (Lipinski definition) is 2. The predicted octanol–water partition coefficient (Wildman–Crippen LogP) is 2.44. The SMILES string of the molecule is NC1CCC(C(=O)NC2CC3CC2C2CCCC32)CC1. The summed E-state index contributed by atoms with van der Waals surface area (Å²) in [6, 6.07) is 0.836. The molecule has 4 rings (SSSR count). The Balaban J connectivity index is 1.35. The zero-order valence-corrected chi connectivity index (χ0v) is 12.4. The molecule has 4 aliphatic rings. The summed E-state index contributed by atoms with van der Waals surface area (Å²) < 4.78 is 0. The number of carbonyl (C=O) groups excluding carboxylic acids is 1. The van der Waals surface area contributed by atoms with Crippen LogP contribution in [0.2, 0.25) is 0 Å². The molecule has 5 atom stereocenters. The van der Waals surface area contributed by atoms with Gasteiger partial charge < -0.3 is 11.1 Å². The standard InChI is InChI=1S/C17H28N2O/c18-12-6-4-10(5-7-12)17(20)19-16-9-11-8-15(16)14-3-1-2-13(11)14/h10-16H,1-9,18H2,(H,19,20). The van der Waals surface area contributed by atoms with Crippen molar-refractivity contribution >= 4 is 5.91 Å². The van der Waals surface area contributed by atoms with Gasteiger partial charge in [-0.3, -0.25) is 4.79 Å². The molecule has 0 aromatic heterocycles. The first-order valence-corrected chi connectivity index (χ1v) is 8.78. The lowest BCUT2D eigenvalue weighted by Gasteiger charge is -2.34. The minimum absolute atomic E-state index is 0.244. The molecule has 0 aliphatic heterocycles. The van der Waals surface area contributed by atoms with Gasteiger partial charge in [-0.2, -0.15) is 0 Å². The summed E-state index contributed by atoms with van der Waals surface area (Å²) in [5, 5.41) is 3.43. The van der Waals surface area contributed by atoms with Gasteiger partial charge in [0.2, 0.25) is 5.91 Å². The first-order valence-electron chi connectivity index (χ1n) is 8.78. The largest absolute Gasteiger partial charge is 0.353 e. The van der Waals surface area contributed by atoms with E-state index >= 15 is 0 Å². The Morgan fingerprint density at radius 3 is 2.45 bits per heavy atom. The van der Waals surface area contributed by atoms with Gasteiger partial charge in [-0.05, 0) is 75.0 Å². The zero-order valence-electron chi connectivity index (χ0n) is 12.4. The van der Waals surface area contributed by atoms with Crippen molar-refractivity contribution in [2.75, 3.05) is 0 Å². The van der Waals surface area contributed by atoms with Crippen LogP contribution in [0.4, 0.5) is 0 Å². The van der Waals surface area contributed by atoms with Gasteiger partial charge in [-0.1, -0.05) is 6.42 Å². The summed E-state index contributed by atoms with van der Waals surface area (Å²) >= 11 is 0. The molecule has 4 fully saturated rings. The van der Waals surface area contributed by atoms with Gasteiger partial charge >= 0.3 is 0 Å². The van der Waals surface area contributed by atoms with Gasteiger partial charge in [-0.15, -0.1) is 0 Å². The zero-order chi connectivity index (χ0) is 13.7. The quantitative estimate of drug-likeness (QED) is 0.814. The number of nitrogens with two attached hydrogens (primary N) is 1. The van der Waals surface area contributed by atoms with E-state index in [1.165, 1.54) is 32.1 Å². The van der Waals surface area contributed by atoms with Gasteiger partial charge in [0.1, 0.15) is 0 Å². The monoisotopic (exact) mass is 276 g/mol. The van der Waals surface area contributed by atoms with E-state index in [0.717, 1.165) is 49.4 Å². The molecule has 0 radical (unpaired) electrons. The summed E-state index contributed by atoms with van der Waals surface area (Å²) in [4.78, 5) is 12.5. The van der Waals surface area contributed by atoms with E-state index in [1.54, 1.807) is 0 Å². The lowest BCUT2D eigenvalue weighted by Crippen LogP contribution is -2.46. The normalized spacial score (nSPS) is 50.1. The van der Waals surface area contributed by atoms with Crippen LogP contribution in [0.15, 0.2) is 0 Å². The Morgan fingerprint density at radius 1 is 0.900 bits per heavy atom. The molecule has 1 amide bonds. The molecule has 4 saturated carbocycles. The average molecular weight is 276 g/mol. The fourth-order valence-corrected chi connectivity index (χ4v) is 5.92. The van der Waals surface area contributed by atoms with Gasteiger partial charge in [0.15, 0.2) is 0 Å². The summed E-state index contributed by atoms with van der Waals surface area (Å²) in [6.07, 6.45) is 11.0. The summed E-state index contributed by atoms with van der Waals surface area (Å²) in [6.45, 7) is 0. The van der Waals surface area contributed by atoms with Crippen molar-refractivity contribution < 1.29 is 4.79 Å². The smallest absolute Gasteiger partial charge is 0.223 e. The maximum Gasteiger partial charge on any atom is 0.223 e. The van der Waals surface area contributed by atoms with Crippen LogP contribution in [0.3, 0.4) is 0 Å². The Morgan fingerprint density at radius 2 is 1.65 bits per heavy atom. The van der Waals surface area contributed by atoms with Crippen LogP contribution in [-0.4, -0.2) is 18.0 Å². The van der Waals surface area contributed by atoms with E-state index in [-0.39, 0.29) is 5.92 Å². The van der Waals surface area contributed by atoms with Crippen LogP contribution in [0, 0.1) is 29.6 Å². The lowest BCUT2D eigenvalue weighted by atomic mass is 9.78. The summed E-state index contributed by atoms with van der Waals surface area (Å²) in [7, 11) is 0. The number of carbonyl (C=O) groups is 1. The highest BCUT2D eigenvalue weighted by atomic mass is 16.1. The van der Waals surface area contributed by atoms with Gasteiger partial charge in [0, 0.05) is 18.0 Å². The molecular formula is C17H28N2O. The van der Waals surface area contributed by atoms with Crippen molar-refractivity contribution in [3.8, 4) is 0 Å². The third-order valence-electron chi connectivity index (χ3n) is 6.90. The second-order valence-electron chi connectivity index (χ2n) is 7.88. The van der Waals surface area contributed by atoms with Gasteiger partial charge in [0.05, 0.1) is 0 Å². The van der Waals surface area contributed by atoms with Crippen molar-refractivity contribution in [2.24, 2.45) is 35.3 Å². The molecule has 112 valence electrons. The van der Waals surface area contributed by atoms with E-state index in [4.69, 9.17) is 5.73 Å². The molecule has 5 unspecified atom stereocenters. The van der Waals surface area contributed by atoms with Crippen molar-refractivity contribution in [1.82, 2.24) is 5.32 Å². The van der Waals surface area contributed by atoms with Crippen LogP contribution in [-0.2, 0) is 4.79 Å². The van der Waals surface area contributed by atoms with Crippen molar-refractivity contribution in [3.63, 3.8) is 0 Å². The number of fused-ring (bicyclic) bond motifs is 5. The topological polar surface area (TPSA) is 55.1 Å². The Labute approximate surface area is 122 Å². The number of rotatable bonds is 2. The van der Waals surface area contributed by atoms with Crippen LogP contribution in [0.25, 0.3) is 0 Å². The average Bonchev–Trinajstić information content (AvgIpc) is 3.11. The molecule has 20 heavy (non-hydrogen) atoms. The third kappa shape index (κ3) is 2.09. The highest BCUT2D eigenvalue weighted by molar-refractivity contribution is 5.79. The highest BCUT2D eigenvalue weighted by Crippen LogP contribution is 2.58. The van der Waals surface area contributed by atoms with Crippen LogP contribution in [0.5, 0.6) is 0 Å². The molecule has 2 bridgehead atoms. The van der Waals surface area contributed by atoms with Crippen LogP contribution in [0.1, 0.15) is 57.8 Å². The molecule has 3 N–H and O–H groups in total. The second kappa shape index (κ2) is 5.01. The van der Waals surface area contributed by atoms with Gasteiger partial charge in [-0.25, -0.2) is 0 Å². The van der Waals surface area contributed by atoms with E-state index in [9.17, 15) is 4.79 Å². The van der Waals surface area contributed by atoms with Gasteiger partial charge in [0.25, 0.3) is 0 Å². The van der Waals surface area contributed by atoms with E-state index in [0.29, 0.717) is 18.0 Å². The molecule has 3 nitrogen and oxygen atoms in total. The van der Waals surface area contributed by atoms with E-state index < -0.39 is 0 Å². The molecule has 0 spiro atoms. The maximum atomic E-state index is 12.5. The molecule has 0 saturated heterocycles. The van der Waals surface area contributed by atoms with Crippen molar-refractivity contribution in [3.05, 3.63) is 0 Å². The fraction of sp³-hybridized carbons (Fsp3) is 0.941.